The molecule has 2 aromatic rings. The zero-order chi connectivity index (χ0) is 17.1. The molecule has 0 bridgehead atoms. The molecule has 1 N–H and O–H groups in total. The van der Waals surface area contributed by atoms with Gasteiger partial charge in [0, 0.05) is 25.2 Å². The van der Waals surface area contributed by atoms with Crippen LogP contribution < -0.4 is 10.1 Å². The minimum absolute atomic E-state index is 0.0867. The second kappa shape index (κ2) is 7.00. The van der Waals surface area contributed by atoms with Gasteiger partial charge in [-0.25, -0.2) is 4.39 Å². The summed E-state index contributed by atoms with van der Waals surface area (Å²) in [6.45, 7) is 2.73. The Morgan fingerprint density at radius 2 is 2.25 bits per heavy atom. The van der Waals surface area contributed by atoms with E-state index in [-0.39, 0.29) is 30.8 Å². The van der Waals surface area contributed by atoms with E-state index in [1.165, 1.54) is 29.5 Å². The van der Waals surface area contributed by atoms with Crippen LogP contribution in [0.2, 0.25) is 0 Å². The number of ether oxygens (including phenoxy) is 1. The van der Waals surface area contributed by atoms with Gasteiger partial charge in [0.15, 0.2) is 6.61 Å². The van der Waals surface area contributed by atoms with Crippen molar-refractivity contribution in [1.29, 1.82) is 0 Å². The number of thiophene rings is 1. The second-order valence-electron chi connectivity index (χ2n) is 5.54. The number of benzene rings is 1. The summed E-state index contributed by atoms with van der Waals surface area (Å²) in [6.07, 6.45) is 0. The fourth-order valence-corrected chi connectivity index (χ4v) is 3.37. The lowest BCUT2D eigenvalue weighted by atomic mass is 10.2. The molecule has 1 aliphatic rings. The van der Waals surface area contributed by atoms with Crippen molar-refractivity contribution in [1.82, 2.24) is 10.2 Å². The highest BCUT2D eigenvalue weighted by Crippen LogP contribution is 2.24. The highest BCUT2D eigenvalue weighted by atomic mass is 32.1. The number of fused-ring (bicyclic) bond motifs is 1. The summed E-state index contributed by atoms with van der Waals surface area (Å²) in [4.78, 5) is 26.4. The summed E-state index contributed by atoms with van der Waals surface area (Å²) in [5.41, 5.74) is 1.56. The number of rotatable bonds is 4. The van der Waals surface area contributed by atoms with E-state index in [2.05, 4.69) is 5.32 Å². The van der Waals surface area contributed by atoms with Crippen LogP contribution in [-0.4, -0.2) is 36.4 Å². The number of aryl methyl sites for hydroxylation is 1. The minimum atomic E-state index is -0.367. The molecule has 0 aliphatic carbocycles. The monoisotopic (exact) mass is 348 g/mol. The third kappa shape index (κ3) is 3.56. The topological polar surface area (TPSA) is 58.6 Å². The van der Waals surface area contributed by atoms with Crippen molar-refractivity contribution in [3.63, 3.8) is 0 Å². The van der Waals surface area contributed by atoms with Crippen molar-refractivity contribution >= 4 is 23.2 Å². The molecule has 5 nitrogen and oxygen atoms in total. The summed E-state index contributed by atoms with van der Waals surface area (Å²) < 4.78 is 18.8. The van der Waals surface area contributed by atoms with Gasteiger partial charge < -0.3 is 15.0 Å². The average Bonchev–Trinajstić information content (AvgIpc) is 2.92. The maximum Gasteiger partial charge on any atom is 0.261 e. The Morgan fingerprint density at radius 1 is 1.42 bits per heavy atom. The standard InChI is InChI=1S/C17H17FN2O3S/c1-11-4-7-24-16(11)17(22)19-5-6-20-9-12-8-13(18)2-3-14(12)23-10-15(20)21/h2-4,7-8H,5-6,9-10H2,1H3,(H,19,22). The van der Waals surface area contributed by atoms with Gasteiger partial charge in [-0.1, -0.05) is 0 Å². The van der Waals surface area contributed by atoms with E-state index >= 15 is 0 Å². The Balaban J connectivity index is 1.61. The van der Waals surface area contributed by atoms with E-state index < -0.39 is 0 Å². The van der Waals surface area contributed by atoms with Crippen LogP contribution in [0.5, 0.6) is 5.75 Å². The summed E-state index contributed by atoms with van der Waals surface area (Å²) in [5, 5.41) is 4.68. The Bertz CT molecular complexity index is 775. The molecule has 0 saturated carbocycles. The first-order valence-electron chi connectivity index (χ1n) is 7.56. The largest absolute Gasteiger partial charge is 0.483 e. The summed E-state index contributed by atoms with van der Waals surface area (Å²) >= 11 is 1.39. The maximum atomic E-state index is 13.4. The molecular weight excluding hydrogens is 331 g/mol. The molecule has 2 amide bonds. The van der Waals surface area contributed by atoms with Crippen LogP contribution in [-0.2, 0) is 11.3 Å². The number of nitrogens with zero attached hydrogens (tertiary/aromatic N) is 1. The molecular formula is C17H17FN2O3S. The highest BCUT2D eigenvalue weighted by Gasteiger charge is 2.22. The van der Waals surface area contributed by atoms with Crippen molar-refractivity contribution in [3.05, 3.63) is 51.5 Å². The molecule has 0 spiro atoms. The Labute approximate surface area is 143 Å². The average molecular weight is 348 g/mol. The molecule has 2 heterocycles. The molecule has 1 aromatic carbocycles. The first-order chi connectivity index (χ1) is 11.5. The second-order valence-corrected chi connectivity index (χ2v) is 6.46. The molecule has 24 heavy (non-hydrogen) atoms. The van der Waals surface area contributed by atoms with Crippen LogP contribution in [0, 0.1) is 12.7 Å². The predicted octanol–water partition coefficient (Wildman–Crippen LogP) is 2.35. The smallest absolute Gasteiger partial charge is 0.261 e. The third-order valence-electron chi connectivity index (χ3n) is 3.82. The predicted molar refractivity (Wildman–Crippen MR) is 88.7 cm³/mol. The zero-order valence-corrected chi connectivity index (χ0v) is 14.0. The van der Waals surface area contributed by atoms with Crippen LogP contribution in [0.1, 0.15) is 20.8 Å². The fraction of sp³-hybridized carbons (Fsp3) is 0.294. The first kappa shape index (κ1) is 16.4. The summed E-state index contributed by atoms with van der Waals surface area (Å²) in [5.74, 6) is -0.181. The molecule has 0 fully saturated rings. The van der Waals surface area contributed by atoms with Crippen LogP contribution in [0.3, 0.4) is 0 Å². The van der Waals surface area contributed by atoms with Crippen molar-refractivity contribution < 1.29 is 18.7 Å². The van der Waals surface area contributed by atoms with Crippen LogP contribution >= 0.6 is 11.3 Å². The lowest BCUT2D eigenvalue weighted by molar-refractivity contribution is -0.133. The van der Waals surface area contributed by atoms with Crippen LogP contribution in [0.4, 0.5) is 4.39 Å². The van der Waals surface area contributed by atoms with Gasteiger partial charge in [-0.05, 0) is 42.1 Å². The number of amides is 2. The van der Waals surface area contributed by atoms with Gasteiger partial charge in [-0.15, -0.1) is 11.3 Å². The van der Waals surface area contributed by atoms with Gasteiger partial charge in [0.1, 0.15) is 11.6 Å². The van der Waals surface area contributed by atoms with E-state index in [1.54, 1.807) is 4.90 Å². The van der Waals surface area contributed by atoms with Crippen molar-refractivity contribution in [2.75, 3.05) is 19.7 Å². The highest BCUT2D eigenvalue weighted by molar-refractivity contribution is 7.12. The van der Waals surface area contributed by atoms with Gasteiger partial charge in [-0.3, -0.25) is 9.59 Å². The summed E-state index contributed by atoms with van der Waals surface area (Å²) in [7, 11) is 0. The van der Waals surface area contributed by atoms with Gasteiger partial charge >= 0.3 is 0 Å². The Kier molecular flexibility index (Phi) is 4.80. The molecule has 1 aliphatic heterocycles. The van der Waals surface area contributed by atoms with Gasteiger partial charge in [-0.2, -0.15) is 0 Å². The quantitative estimate of drug-likeness (QED) is 0.923. The molecule has 1 aromatic heterocycles. The van der Waals surface area contributed by atoms with Gasteiger partial charge in [0.05, 0.1) is 4.88 Å². The lowest BCUT2D eigenvalue weighted by Crippen LogP contribution is -2.39. The molecule has 3 rings (SSSR count). The van der Waals surface area contributed by atoms with Crippen LogP contribution in [0.15, 0.2) is 29.6 Å². The zero-order valence-electron chi connectivity index (χ0n) is 13.2. The Hall–Kier alpha value is -2.41. The van der Waals surface area contributed by atoms with Gasteiger partial charge in [0.25, 0.3) is 11.8 Å². The van der Waals surface area contributed by atoms with Crippen molar-refractivity contribution in [2.45, 2.75) is 13.5 Å². The maximum absolute atomic E-state index is 13.4. The molecule has 0 radical (unpaired) electrons. The van der Waals surface area contributed by atoms with E-state index in [0.29, 0.717) is 29.3 Å². The molecule has 7 heteroatoms. The number of hydrogen-bond acceptors (Lipinski definition) is 4. The molecule has 126 valence electrons. The molecule has 0 unspecified atom stereocenters. The number of nitrogens with one attached hydrogen (secondary N) is 1. The normalized spacial score (nSPS) is 13.9. The van der Waals surface area contributed by atoms with E-state index in [1.807, 2.05) is 18.4 Å². The molecule has 0 saturated heterocycles. The number of carbonyl (C=O) groups excluding carboxylic acids is 2. The van der Waals surface area contributed by atoms with E-state index in [9.17, 15) is 14.0 Å². The Morgan fingerprint density at radius 3 is 3.00 bits per heavy atom. The van der Waals surface area contributed by atoms with Crippen molar-refractivity contribution in [2.24, 2.45) is 0 Å². The van der Waals surface area contributed by atoms with E-state index in [4.69, 9.17) is 4.74 Å². The number of halogens is 1. The number of hydrogen-bond donors (Lipinski definition) is 1. The number of carbonyl (C=O) groups is 2. The van der Waals surface area contributed by atoms with Crippen molar-refractivity contribution in [3.8, 4) is 5.75 Å². The summed E-state index contributed by atoms with van der Waals surface area (Å²) in [6, 6.07) is 6.10. The first-order valence-corrected chi connectivity index (χ1v) is 8.44. The SMILES string of the molecule is Cc1ccsc1C(=O)NCCN1Cc2cc(F)ccc2OCC1=O. The fourth-order valence-electron chi connectivity index (χ4n) is 2.53. The molecule has 0 atom stereocenters. The lowest BCUT2D eigenvalue weighted by Gasteiger charge is -2.20. The van der Waals surface area contributed by atoms with Crippen LogP contribution in [0.25, 0.3) is 0 Å². The minimum Gasteiger partial charge on any atom is -0.483 e. The van der Waals surface area contributed by atoms with Gasteiger partial charge in [0.2, 0.25) is 0 Å². The third-order valence-corrected chi connectivity index (χ3v) is 4.84. The van der Waals surface area contributed by atoms with E-state index in [0.717, 1.165) is 5.56 Å².